The van der Waals surface area contributed by atoms with Gasteiger partial charge in [0, 0.05) is 45.8 Å². The van der Waals surface area contributed by atoms with Crippen molar-refractivity contribution in [3.8, 4) is 0 Å². The Balaban J connectivity index is 1.76. The first-order valence-electron chi connectivity index (χ1n) is 9.85. The molecule has 2 fully saturated rings. The third kappa shape index (κ3) is 3.00. The fraction of sp³-hybridized carbons (Fsp3) is 0.650. The summed E-state index contributed by atoms with van der Waals surface area (Å²) in [5.74, 6) is 0.541. The Kier molecular flexibility index (Phi) is 4.69. The lowest BCUT2D eigenvalue weighted by atomic mass is 10.00. The Bertz CT molecular complexity index is 842. The van der Waals surface area contributed by atoms with E-state index in [1.807, 2.05) is 14.1 Å². The summed E-state index contributed by atoms with van der Waals surface area (Å²) in [4.78, 5) is 14.9. The van der Waals surface area contributed by atoms with Crippen molar-refractivity contribution in [3.05, 3.63) is 22.6 Å². The average molecular weight is 358 g/mol. The van der Waals surface area contributed by atoms with E-state index in [-0.39, 0.29) is 5.69 Å². The maximum Gasteiger partial charge on any atom is 0.328 e. The van der Waals surface area contributed by atoms with E-state index in [1.165, 1.54) is 24.9 Å². The minimum absolute atomic E-state index is 0.0268. The van der Waals surface area contributed by atoms with Crippen molar-refractivity contribution in [3.63, 3.8) is 0 Å². The summed E-state index contributed by atoms with van der Waals surface area (Å²) in [6.45, 7) is 6.11. The van der Waals surface area contributed by atoms with Crippen molar-refractivity contribution >= 4 is 22.4 Å². The second kappa shape index (κ2) is 6.99. The lowest BCUT2D eigenvalue weighted by molar-refractivity contribution is 0.183. The molecule has 2 saturated heterocycles. The number of rotatable bonds is 4. The van der Waals surface area contributed by atoms with Gasteiger partial charge in [-0.15, -0.1) is 0 Å². The number of imidazole rings is 1. The van der Waals surface area contributed by atoms with E-state index in [0.29, 0.717) is 12.0 Å². The number of piperidine rings is 1. The van der Waals surface area contributed by atoms with E-state index in [4.69, 9.17) is 4.74 Å². The summed E-state index contributed by atoms with van der Waals surface area (Å²) in [7, 11) is 3.71. The summed E-state index contributed by atoms with van der Waals surface area (Å²) < 4.78 is 9.06. The Hall–Kier alpha value is -1.95. The smallest absolute Gasteiger partial charge is 0.328 e. The van der Waals surface area contributed by atoms with Crippen LogP contribution in [0.25, 0.3) is 11.0 Å². The average Bonchev–Trinajstić information content (AvgIpc) is 3.27. The zero-order valence-electron chi connectivity index (χ0n) is 16.1. The second-order valence-electron chi connectivity index (χ2n) is 7.86. The van der Waals surface area contributed by atoms with E-state index in [1.54, 1.807) is 9.13 Å². The Labute approximate surface area is 154 Å². The monoisotopic (exact) mass is 358 g/mol. The van der Waals surface area contributed by atoms with Crippen molar-refractivity contribution < 1.29 is 4.74 Å². The molecule has 0 aliphatic carbocycles. The minimum Gasteiger partial charge on any atom is -0.381 e. The number of nitrogens with zero attached hydrogens (tertiary/aromatic N) is 3. The molecule has 6 heteroatoms. The molecule has 3 heterocycles. The Morgan fingerprint density at radius 2 is 1.81 bits per heavy atom. The first-order chi connectivity index (χ1) is 12.6. The number of hydrogen-bond donors (Lipinski definition) is 1. The molecule has 0 spiro atoms. The number of nitrogens with one attached hydrogen (secondary N) is 1. The first-order valence-corrected chi connectivity index (χ1v) is 9.85. The maximum atomic E-state index is 12.4. The van der Waals surface area contributed by atoms with Crippen molar-refractivity contribution in [2.45, 2.75) is 38.6 Å². The van der Waals surface area contributed by atoms with Crippen LogP contribution in [0.1, 0.15) is 32.6 Å². The molecule has 2 unspecified atom stereocenters. The van der Waals surface area contributed by atoms with Crippen LogP contribution in [-0.2, 0) is 18.8 Å². The molecule has 1 N–H and O–H groups in total. The van der Waals surface area contributed by atoms with Crippen LogP contribution in [-0.4, -0.2) is 41.5 Å². The van der Waals surface area contributed by atoms with Gasteiger partial charge in [0.25, 0.3) is 0 Å². The zero-order chi connectivity index (χ0) is 18.3. The Morgan fingerprint density at radius 1 is 1.12 bits per heavy atom. The number of hydrogen-bond acceptors (Lipinski definition) is 4. The fourth-order valence-corrected chi connectivity index (χ4v) is 4.36. The number of ether oxygens (including phenoxy) is 1. The van der Waals surface area contributed by atoms with Gasteiger partial charge in [-0.25, -0.2) is 4.79 Å². The molecule has 26 heavy (non-hydrogen) atoms. The van der Waals surface area contributed by atoms with Gasteiger partial charge < -0.3 is 15.0 Å². The molecule has 0 bridgehead atoms. The van der Waals surface area contributed by atoms with E-state index in [2.05, 4.69) is 29.3 Å². The summed E-state index contributed by atoms with van der Waals surface area (Å²) in [5, 5.41) is 3.75. The van der Waals surface area contributed by atoms with Crippen molar-refractivity contribution in [2.75, 3.05) is 36.5 Å². The maximum absolute atomic E-state index is 12.4. The number of fused-ring (bicyclic) bond motifs is 1. The summed E-state index contributed by atoms with van der Waals surface area (Å²) >= 11 is 0. The predicted molar refractivity (Wildman–Crippen MR) is 106 cm³/mol. The van der Waals surface area contributed by atoms with Gasteiger partial charge in [-0.1, -0.05) is 0 Å². The molecule has 4 rings (SSSR count). The molecular weight excluding hydrogens is 328 g/mol. The van der Waals surface area contributed by atoms with E-state index in [0.717, 1.165) is 49.4 Å². The highest BCUT2D eigenvalue weighted by Gasteiger charge is 2.25. The van der Waals surface area contributed by atoms with Gasteiger partial charge in [0.15, 0.2) is 0 Å². The summed E-state index contributed by atoms with van der Waals surface area (Å²) in [5.41, 5.74) is 4.37. The molecule has 2 atom stereocenters. The van der Waals surface area contributed by atoms with Crippen LogP contribution in [0.2, 0.25) is 0 Å². The predicted octanol–water partition coefficient (Wildman–Crippen LogP) is 2.70. The number of anilines is 2. The molecule has 2 aliphatic rings. The minimum atomic E-state index is 0.0268. The van der Waals surface area contributed by atoms with E-state index < -0.39 is 0 Å². The topological polar surface area (TPSA) is 51.4 Å². The molecule has 6 nitrogen and oxygen atoms in total. The van der Waals surface area contributed by atoms with Gasteiger partial charge in [0.1, 0.15) is 0 Å². The highest BCUT2D eigenvalue weighted by molar-refractivity contribution is 5.89. The van der Waals surface area contributed by atoms with Gasteiger partial charge in [-0.05, 0) is 44.7 Å². The lowest BCUT2D eigenvalue weighted by Gasteiger charge is -2.32. The second-order valence-corrected chi connectivity index (χ2v) is 7.86. The third-order valence-corrected chi connectivity index (χ3v) is 6.14. The molecule has 0 radical (unpaired) electrons. The quantitative estimate of drug-likeness (QED) is 0.913. The molecule has 142 valence electrons. The van der Waals surface area contributed by atoms with Gasteiger partial charge in [0.2, 0.25) is 0 Å². The van der Waals surface area contributed by atoms with Crippen LogP contribution in [0.3, 0.4) is 0 Å². The summed E-state index contributed by atoms with van der Waals surface area (Å²) in [6, 6.07) is 4.70. The van der Waals surface area contributed by atoms with E-state index in [9.17, 15) is 4.79 Å². The Morgan fingerprint density at radius 3 is 2.46 bits per heavy atom. The molecule has 1 aromatic carbocycles. The van der Waals surface area contributed by atoms with Gasteiger partial charge in [-0.3, -0.25) is 9.13 Å². The van der Waals surface area contributed by atoms with Gasteiger partial charge in [0.05, 0.1) is 29.0 Å². The van der Waals surface area contributed by atoms with Crippen LogP contribution in [0, 0.1) is 5.92 Å². The third-order valence-electron chi connectivity index (χ3n) is 6.14. The van der Waals surface area contributed by atoms with Crippen LogP contribution >= 0.6 is 0 Å². The first kappa shape index (κ1) is 17.5. The largest absolute Gasteiger partial charge is 0.381 e. The lowest BCUT2D eigenvalue weighted by Crippen LogP contribution is -2.32. The van der Waals surface area contributed by atoms with Crippen molar-refractivity contribution in [1.29, 1.82) is 0 Å². The van der Waals surface area contributed by atoms with Crippen LogP contribution in [0.15, 0.2) is 16.9 Å². The van der Waals surface area contributed by atoms with E-state index >= 15 is 0 Å². The highest BCUT2D eigenvalue weighted by atomic mass is 16.5. The number of benzene rings is 1. The molecule has 0 saturated carbocycles. The SMILES string of the molecule is CC(Nc1cc2c(cc1N1CCCCC1)n(C)c(=O)n2C)C1CCOC1. The number of aromatic nitrogens is 2. The zero-order valence-corrected chi connectivity index (χ0v) is 16.1. The van der Waals surface area contributed by atoms with Crippen molar-refractivity contribution in [1.82, 2.24) is 9.13 Å². The van der Waals surface area contributed by atoms with Crippen LogP contribution in [0.5, 0.6) is 0 Å². The molecule has 0 amide bonds. The van der Waals surface area contributed by atoms with Crippen molar-refractivity contribution in [2.24, 2.45) is 20.0 Å². The van der Waals surface area contributed by atoms with Crippen LogP contribution < -0.4 is 15.9 Å². The molecule has 2 aromatic rings. The molecular formula is C20H30N4O2. The summed E-state index contributed by atoms with van der Waals surface area (Å²) in [6.07, 6.45) is 4.88. The fourth-order valence-electron chi connectivity index (χ4n) is 4.36. The molecule has 1 aromatic heterocycles. The normalized spacial score (nSPS) is 22.1. The number of aryl methyl sites for hydroxylation is 2. The van der Waals surface area contributed by atoms with Gasteiger partial charge in [-0.2, -0.15) is 0 Å². The highest BCUT2D eigenvalue weighted by Crippen LogP contribution is 2.34. The van der Waals surface area contributed by atoms with Crippen LogP contribution in [0.4, 0.5) is 11.4 Å². The standard InChI is InChI=1S/C20H30N4O2/c1-14(15-7-10-26-13-15)21-16-11-18-19(23(3)20(25)22(18)2)12-17(16)24-8-5-4-6-9-24/h11-12,14-15,21H,4-10,13H2,1-3H3. The molecule has 2 aliphatic heterocycles. The van der Waals surface area contributed by atoms with Gasteiger partial charge >= 0.3 is 5.69 Å².